The molecule has 14 aromatic rings. The largest absolute Gasteiger partial charge is 2.00 e. The van der Waals surface area contributed by atoms with Crippen LogP contribution in [-0.4, -0.2) is 61.9 Å². The Balaban J connectivity index is 0.000000191. The molecule has 0 aliphatic heterocycles. The number of Topliss-reactive ketones (excluding diaryl/α,β-unsaturated/α-hetero) is 4. The molecule has 5 aromatic heterocycles. The molecule has 0 unspecified atom stereocenters. The molecule has 17 rings (SSSR count). The van der Waals surface area contributed by atoms with Crippen molar-refractivity contribution in [1.29, 1.82) is 0 Å². The van der Waals surface area contributed by atoms with Gasteiger partial charge in [-0.05, 0) is 115 Å². The maximum absolute atomic E-state index is 13.2. The van der Waals surface area contributed by atoms with Crippen LogP contribution in [0, 0.1) is 52.6 Å². The van der Waals surface area contributed by atoms with Crippen LogP contribution in [0.5, 0.6) is 5.75 Å². The summed E-state index contributed by atoms with van der Waals surface area (Å²) in [4.78, 5) is 72.4. The van der Waals surface area contributed by atoms with Crippen LogP contribution in [-0.2, 0) is 117 Å². The second kappa shape index (κ2) is 41.5. The number of carbonyl (C=O) groups is 4. The summed E-state index contributed by atoms with van der Waals surface area (Å²) < 4.78 is 4.69. The summed E-state index contributed by atoms with van der Waals surface area (Å²) in [5.74, 6) is 0.733. The van der Waals surface area contributed by atoms with Gasteiger partial charge in [0.15, 0.2) is 0 Å². The van der Waals surface area contributed by atoms with Gasteiger partial charge in [0, 0.05) is 97.7 Å². The summed E-state index contributed by atoms with van der Waals surface area (Å²) in [7, 11) is 1.50. The van der Waals surface area contributed by atoms with Crippen LogP contribution < -0.4 is 4.98 Å². The van der Waals surface area contributed by atoms with E-state index in [-0.39, 0.29) is 145 Å². The van der Waals surface area contributed by atoms with E-state index in [2.05, 4.69) is 146 Å². The smallest absolute Gasteiger partial charge is 0.656 e. The van der Waals surface area contributed by atoms with Gasteiger partial charge in [-0.2, -0.15) is 0 Å². The Kier molecular flexibility index (Phi) is 33.0. The number of carbonyl (C=O) groups excluding carboxylic acids is 4. The van der Waals surface area contributed by atoms with Gasteiger partial charge in [0.05, 0.1) is 23.8 Å². The molecule has 0 amide bonds. The predicted molar refractivity (Wildman–Crippen MR) is 458 cm³/mol. The van der Waals surface area contributed by atoms with Crippen molar-refractivity contribution in [1.82, 2.24) is 24.9 Å². The van der Waals surface area contributed by atoms with Crippen LogP contribution in [0.1, 0.15) is 172 Å². The van der Waals surface area contributed by atoms with Gasteiger partial charge in [-0.25, -0.2) is 0 Å². The molecule has 3 aliphatic rings. The SMILES string of the molecule is CC1(C)CCc2ccc(-c3cccc(-c4cc(C(C)(C)C)cc5c4[n-]c4ccc(C(C)(C)C)cc45)n3)[c-]c2C1=O.CC1(C)CCc2ccc(-c3cccc(-c4ccccc4O)n3)[c-]c2C1=O.CC1(C)CCc2ccc[c-]c2C1=O.COCC(=O)c1[c-]cccc1.[Ir].[Ir].[Pt+2].[Pt].[c-]1ccccc1-c1ccccn1.[c-]1ccccc1-c1ccccn1. The first-order valence-corrected chi connectivity index (χ1v) is 38.9. The molecule has 0 fully saturated rings. The molecular weight excluding hydrogens is 2180 g/mol. The first-order chi connectivity index (χ1) is 54.6. The van der Waals surface area contributed by atoms with E-state index in [9.17, 15) is 24.3 Å². The number of aryl methyl sites for hydroxylation is 3. The Morgan fingerprint density at radius 1 is 0.441 bits per heavy atom. The predicted octanol–water partition coefficient (Wildman–Crippen LogP) is 23.4. The Bertz CT molecular complexity index is 5600. The number of pyridine rings is 4. The summed E-state index contributed by atoms with van der Waals surface area (Å²) in [5.41, 5.74) is 20.3. The zero-order valence-electron chi connectivity index (χ0n) is 68.7. The zero-order valence-corrected chi connectivity index (χ0v) is 78.1. The van der Waals surface area contributed by atoms with Crippen molar-refractivity contribution < 1.29 is 111 Å². The Hall–Kier alpha value is -9.50. The van der Waals surface area contributed by atoms with Crippen LogP contribution in [0.15, 0.2) is 255 Å². The van der Waals surface area contributed by atoms with E-state index in [0.29, 0.717) is 22.4 Å². The number of benzene rings is 9. The van der Waals surface area contributed by atoms with E-state index < -0.39 is 0 Å². The molecule has 0 saturated carbocycles. The number of methoxy groups -OCH3 is 1. The quantitative estimate of drug-likeness (QED) is 0.108. The minimum Gasteiger partial charge on any atom is -0.656 e. The summed E-state index contributed by atoms with van der Waals surface area (Å²) in [5, 5.41) is 12.4. The molecule has 612 valence electrons. The van der Waals surface area contributed by atoms with Crippen molar-refractivity contribution in [2.45, 2.75) is 132 Å². The molecule has 15 heteroatoms. The Morgan fingerprint density at radius 2 is 0.881 bits per heavy atom. The van der Waals surface area contributed by atoms with Crippen LogP contribution >= 0.6 is 0 Å². The van der Waals surface area contributed by atoms with Crippen molar-refractivity contribution in [3.8, 4) is 73.3 Å². The molecule has 2 radical (unpaired) electrons. The monoisotopic (exact) mass is 2270 g/mol. The number of nitrogens with zero attached hydrogens (tertiary/aromatic N) is 5. The van der Waals surface area contributed by atoms with Crippen LogP contribution in [0.3, 0.4) is 0 Å². The maximum atomic E-state index is 13.2. The van der Waals surface area contributed by atoms with E-state index >= 15 is 0 Å². The second-order valence-corrected chi connectivity index (χ2v) is 33.0. The minimum atomic E-state index is -0.352. The standard InChI is InChI=1S/C37H38N2O.C23H20NO2.C12H13O.2C11H8N.C9H9O2.2Ir.2Pt/c1-35(2,3)24-14-15-32-27(19-24)28-20-25(36(4,5)6)21-29(33(28)39-32)31-11-9-10-30(38-31)23-13-12-22-16-17-37(7,8)34(40)26(22)18-23;1-23(2)13-12-15-10-11-16(14-18(15)22(23)26)19-7-5-8-20(24-19)17-6-3-4-9-21(17)25;1-12(2)8-7-9-5-3-4-6-10(9)11(12)13;2*1-2-6-10(7-3-1)11-8-4-5-9-12-11;1-11-7-9(10)8-5-3-2-4-6-8;;;;/h9-15,19-21H,16-17H2,1-8H3;3-11,25H,12-13H2,1-2H3;3-5H,7-8H2,1-2H3;2*1-6,8-9H;2-5H,7H2,1H3;;;;/q-2;5*-1;;;;+2. The first kappa shape index (κ1) is 94.0. The molecule has 3 aliphatic carbocycles. The maximum Gasteiger partial charge on any atom is 2.00 e. The summed E-state index contributed by atoms with van der Waals surface area (Å²) in [6.07, 6.45) is 9.08. The molecule has 1 N–H and O–H groups in total. The third-order valence-electron chi connectivity index (χ3n) is 21.0. The van der Waals surface area contributed by atoms with Gasteiger partial charge in [-0.15, -0.1) is 202 Å². The van der Waals surface area contributed by atoms with Crippen LogP contribution in [0.4, 0.5) is 0 Å². The third-order valence-corrected chi connectivity index (χ3v) is 21.0. The van der Waals surface area contributed by atoms with E-state index in [1.165, 1.54) is 29.0 Å². The van der Waals surface area contributed by atoms with Crippen molar-refractivity contribution in [2.75, 3.05) is 13.7 Å². The Morgan fingerprint density at radius 3 is 1.35 bits per heavy atom. The van der Waals surface area contributed by atoms with Gasteiger partial charge in [-0.1, -0.05) is 222 Å². The fourth-order valence-corrected chi connectivity index (χ4v) is 13.9. The van der Waals surface area contributed by atoms with Crippen molar-refractivity contribution in [3.05, 3.63) is 342 Å². The minimum absolute atomic E-state index is 0. The molecule has 5 heterocycles. The fraction of sp³-hybridized carbons (Fsp3) is 0.243. The van der Waals surface area contributed by atoms with Crippen LogP contribution in [0.2, 0.25) is 0 Å². The van der Waals surface area contributed by atoms with E-state index in [1.807, 2.05) is 205 Å². The van der Waals surface area contributed by atoms with Gasteiger partial charge < -0.3 is 44.0 Å². The molecule has 0 spiro atoms. The van der Waals surface area contributed by atoms with Gasteiger partial charge in [0.25, 0.3) is 0 Å². The van der Waals surface area contributed by atoms with Gasteiger partial charge in [-0.3, -0.25) is 9.97 Å². The number of ketones is 4. The molecule has 0 saturated heterocycles. The summed E-state index contributed by atoms with van der Waals surface area (Å²) in [6.45, 7) is 25.7. The van der Waals surface area contributed by atoms with Gasteiger partial charge >= 0.3 is 21.1 Å². The average Bonchev–Trinajstić information content (AvgIpc) is 1.57. The number of para-hydroxylation sites is 1. The van der Waals surface area contributed by atoms with Crippen LogP contribution in [0.25, 0.3) is 89.4 Å². The molecule has 118 heavy (non-hydrogen) atoms. The van der Waals surface area contributed by atoms with E-state index in [4.69, 9.17) is 9.97 Å². The van der Waals surface area contributed by atoms with E-state index in [0.717, 1.165) is 134 Å². The number of ether oxygens (including phenoxy) is 1. The Labute approximate surface area is 751 Å². The summed E-state index contributed by atoms with van der Waals surface area (Å²) in [6, 6.07) is 97.4. The summed E-state index contributed by atoms with van der Waals surface area (Å²) >= 11 is 0. The van der Waals surface area contributed by atoms with Crippen molar-refractivity contribution in [3.63, 3.8) is 0 Å². The average molecular weight is 2270 g/mol. The topological polar surface area (TPSA) is 163 Å². The molecular formula is C103H96Ir2N5O6Pt2-5. The normalized spacial score (nSPS) is 13.7. The number of hydrogen-bond donors (Lipinski definition) is 1. The van der Waals surface area contributed by atoms with Gasteiger partial charge in [0.2, 0.25) is 0 Å². The zero-order chi connectivity index (χ0) is 81.0. The number of rotatable bonds is 9. The number of aromatic hydroxyl groups is 1. The molecule has 0 atom stereocenters. The van der Waals surface area contributed by atoms with E-state index in [1.54, 1.807) is 42.7 Å². The number of fused-ring (bicyclic) bond motifs is 6. The number of phenols is 1. The third kappa shape index (κ3) is 23.1. The number of aromatic nitrogens is 5. The number of hydrogen-bond acceptors (Lipinski definition) is 10. The molecule has 9 aromatic carbocycles. The fourth-order valence-electron chi connectivity index (χ4n) is 13.9. The molecule has 11 nitrogen and oxygen atoms in total. The van der Waals surface area contributed by atoms with Crippen molar-refractivity contribution in [2.24, 2.45) is 16.2 Å². The van der Waals surface area contributed by atoms with Gasteiger partial charge in [0.1, 0.15) is 23.1 Å². The number of phenolic OH excluding ortho intramolecular Hbond substituents is 1. The second-order valence-electron chi connectivity index (χ2n) is 33.0. The molecule has 0 bridgehead atoms. The first-order valence-electron chi connectivity index (χ1n) is 38.9. The van der Waals surface area contributed by atoms with Crippen molar-refractivity contribution >= 4 is 44.9 Å².